The van der Waals surface area contributed by atoms with E-state index in [0.717, 1.165) is 5.56 Å². The van der Waals surface area contributed by atoms with E-state index in [1.54, 1.807) is 11.6 Å². The monoisotopic (exact) mass is 393 g/mol. The number of hydrogen-bond donors (Lipinski definition) is 1. The first-order valence-corrected chi connectivity index (χ1v) is 9.70. The van der Waals surface area contributed by atoms with Gasteiger partial charge in [0.15, 0.2) is 5.82 Å². The Morgan fingerprint density at radius 2 is 2.07 bits per heavy atom. The van der Waals surface area contributed by atoms with Crippen molar-refractivity contribution in [2.45, 2.75) is 19.9 Å². The van der Waals surface area contributed by atoms with Crippen molar-refractivity contribution in [3.63, 3.8) is 0 Å². The van der Waals surface area contributed by atoms with Crippen LogP contribution in [0.1, 0.15) is 31.0 Å². The first kappa shape index (κ1) is 19.0. The number of benzene rings is 1. The van der Waals surface area contributed by atoms with Gasteiger partial charge in [0.25, 0.3) is 0 Å². The lowest BCUT2D eigenvalue weighted by molar-refractivity contribution is -0.139. The van der Waals surface area contributed by atoms with Crippen LogP contribution in [0.2, 0.25) is 0 Å². The molecule has 1 saturated heterocycles. The van der Waals surface area contributed by atoms with Gasteiger partial charge in [-0.15, -0.1) is 0 Å². The molecule has 0 bridgehead atoms. The summed E-state index contributed by atoms with van der Waals surface area (Å²) in [5.74, 6) is 0.810. The highest BCUT2D eigenvalue weighted by Crippen LogP contribution is 2.40. The molecule has 1 N–H and O–H groups in total. The number of rotatable bonds is 4. The number of carbonyl (C=O) groups is 1. The number of aromatic nitrogens is 2. The van der Waals surface area contributed by atoms with Gasteiger partial charge in [0, 0.05) is 18.8 Å². The molecule has 4 rings (SSSR count). The smallest absolute Gasteiger partial charge is 0.338 e. The van der Waals surface area contributed by atoms with Crippen LogP contribution in [0.25, 0.3) is 0 Å². The standard InChI is InChI=1S/C21H23N5O3/c1-3-29-21(27)17-14(2)23-19-16(13-22)20(25-9-11-28-12-10-25)24-26(19)18(17)15-7-5-4-6-8-15/h4-8,18,23H,3,9-12H2,1-2H3. The Morgan fingerprint density at radius 1 is 1.34 bits per heavy atom. The van der Waals surface area contributed by atoms with Gasteiger partial charge in [0.05, 0.1) is 25.4 Å². The van der Waals surface area contributed by atoms with E-state index in [4.69, 9.17) is 14.6 Å². The Labute approximate surface area is 169 Å². The molecule has 150 valence electrons. The summed E-state index contributed by atoms with van der Waals surface area (Å²) in [5, 5.41) is 17.9. The zero-order valence-electron chi connectivity index (χ0n) is 16.5. The van der Waals surface area contributed by atoms with Crippen molar-refractivity contribution >= 4 is 17.6 Å². The van der Waals surface area contributed by atoms with Crippen molar-refractivity contribution < 1.29 is 14.3 Å². The zero-order valence-corrected chi connectivity index (χ0v) is 16.5. The van der Waals surface area contributed by atoms with E-state index in [1.807, 2.05) is 37.3 Å². The van der Waals surface area contributed by atoms with Crippen molar-refractivity contribution in [1.29, 1.82) is 5.26 Å². The summed E-state index contributed by atoms with van der Waals surface area (Å²) < 4.78 is 12.5. The number of anilines is 2. The Morgan fingerprint density at radius 3 is 2.72 bits per heavy atom. The summed E-state index contributed by atoms with van der Waals surface area (Å²) in [6.07, 6.45) is 0. The van der Waals surface area contributed by atoms with Crippen molar-refractivity contribution in [2.24, 2.45) is 0 Å². The molecule has 2 aromatic rings. The molecule has 1 atom stereocenters. The molecule has 2 aliphatic rings. The average Bonchev–Trinajstić information content (AvgIpc) is 3.12. The molecule has 29 heavy (non-hydrogen) atoms. The Balaban J connectivity index is 1.88. The number of esters is 1. The van der Waals surface area contributed by atoms with E-state index in [-0.39, 0.29) is 12.6 Å². The van der Waals surface area contributed by atoms with Gasteiger partial charge in [0.2, 0.25) is 0 Å². The van der Waals surface area contributed by atoms with Crippen LogP contribution < -0.4 is 10.2 Å². The number of hydrogen-bond acceptors (Lipinski definition) is 7. The fraction of sp³-hybridized carbons (Fsp3) is 0.381. The van der Waals surface area contributed by atoms with Crippen LogP contribution in [0.3, 0.4) is 0 Å². The highest BCUT2D eigenvalue weighted by atomic mass is 16.5. The number of morpholine rings is 1. The van der Waals surface area contributed by atoms with Crippen LogP contribution in [-0.2, 0) is 14.3 Å². The van der Waals surface area contributed by atoms with E-state index < -0.39 is 6.04 Å². The van der Waals surface area contributed by atoms with Crippen molar-refractivity contribution in [1.82, 2.24) is 9.78 Å². The maximum absolute atomic E-state index is 12.8. The lowest BCUT2D eigenvalue weighted by Gasteiger charge is -2.29. The Bertz CT molecular complexity index is 984. The Kier molecular flexibility index (Phi) is 5.23. The molecule has 3 heterocycles. The third kappa shape index (κ3) is 3.34. The predicted molar refractivity (Wildman–Crippen MR) is 108 cm³/mol. The van der Waals surface area contributed by atoms with E-state index in [2.05, 4.69) is 16.3 Å². The predicted octanol–water partition coefficient (Wildman–Crippen LogP) is 2.44. The van der Waals surface area contributed by atoms with Gasteiger partial charge in [-0.1, -0.05) is 30.3 Å². The first-order chi connectivity index (χ1) is 14.2. The molecule has 1 aromatic heterocycles. The number of nitrogens with zero attached hydrogens (tertiary/aromatic N) is 4. The van der Waals surface area contributed by atoms with Gasteiger partial charge in [-0.3, -0.25) is 0 Å². The number of carbonyl (C=O) groups excluding carboxylic acids is 1. The third-order valence-corrected chi connectivity index (χ3v) is 5.15. The largest absolute Gasteiger partial charge is 0.463 e. The molecule has 8 nitrogen and oxygen atoms in total. The van der Waals surface area contributed by atoms with E-state index >= 15 is 0 Å². The molecule has 0 radical (unpaired) electrons. The van der Waals surface area contributed by atoms with Crippen LogP contribution in [0.15, 0.2) is 41.6 Å². The topological polar surface area (TPSA) is 92.4 Å². The molecule has 1 aromatic carbocycles. The van der Waals surface area contributed by atoms with E-state index in [9.17, 15) is 10.1 Å². The fourth-order valence-electron chi connectivity index (χ4n) is 3.82. The normalized spacial score (nSPS) is 18.7. The van der Waals surface area contributed by atoms with Gasteiger partial charge in [-0.25, -0.2) is 9.48 Å². The van der Waals surface area contributed by atoms with Gasteiger partial charge < -0.3 is 19.7 Å². The van der Waals surface area contributed by atoms with E-state index in [1.165, 1.54) is 0 Å². The van der Waals surface area contributed by atoms with Crippen molar-refractivity contribution in [2.75, 3.05) is 43.1 Å². The summed E-state index contributed by atoms with van der Waals surface area (Å²) in [5.41, 5.74) is 2.52. The molecule has 1 fully saturated rings. The SMILES string of the molecule is CCOC(=O)C1=C(C)Nc2c(C#N)c(N3CCOCC3)nn2C1c1ccccc1. The van der Waals surface area contributed by atoms with Crippen LogP contribution in [0.4, 0.5) is 11.6 Å². The number of allylic oxidation sites excluding steroid dienone is 1. The molecule has 8 heteroatoms. The second kappa shape index (κ2) is 7.97. The number of ether oxygens (including phenoxy) is 2. The molecule has 0 amide bonds. The maximum atomic E-state index is 12.8. The summed E-state index contributed by atoms with van der Waals surface area (Å²) in [6.45, 7) is 6.41. The average molecular weight is 393 g/mol. The maximum Gasteiger partial charge on any atom is 0.338 e. The zero-order chi connectivity index (χ0) is 20.4. The minimum Gasteiger partial charge on any atom is -0.463 e. The summed E-state index contributed by atoms with van der Waals surface area (Å²) >= 11 is 0. The van der Waals surface area contributed by atoms with Crippen molar-refractivity contribution in [3.8, 4) is 6.07 Å². The summed E-state index contributed by atoms with van der Waals surface area (Å²) in [6, 6.07) is 11.5. The van der Waals surface area contributed by atoms with Crippen LogP contribution >= 0.6 is 0 Å². The number of fused-ring (bicyclic) bond motifs is 1. The molecule has 2 aliphatic heterocycles. The molecule has 1 unspecified atom stereocenters. The van der Waals surface area contributed by atoms with Crippen LogP contribution in [0, 0.1) is 11.3 Å². The van der Waals surface area contributed by atoms with E-state index in [0.29, 0.717) is 54.8 Å². The lowest BCUT2D eigenvalue weighted by atomic mass is 9.95. The molecular formula is C21H23N5O3. The molecule has 0 saturated carbocycles. The third-order valence-electron chi connectivity index (χ3n) is 5.15. The van der Waals surface area contributed by atoms with Crippen LogP contribution in [-0.4, -0.2) is 48.7 Å². The fourth-order valence-corrected chi connectivity index (χ4v) is 3.82. The molecule has 0 spiro atoms. The van der Waals surface area contributed by atoms with Crippen molar-refractivity contribution in [3.05, 3.63) is 52.7 Å². The van der Waals surface area contributed by atoms with Gasteiger partial charge in [-0.05, 0) is 19.4 Å². The summed E-state index contributed by atoms with van der Waals surface area (Å²) in [7, 11) is 0. The Hall–Kier alpha value is -3.31. The molecular weight excluding hydrogens is 370 g/mol. The molecule has 0 aliphatic carbocycles. The highest BCUT2D eigenvalue weighted by Gasteiger charge is 2.37. The number of nitrogens with one attached hydrogen (secondary N) is 1. The highest BCUT2D eigenvalue weighted by molar-refractivity contribution is 5.93. The van der Waals surface area contributed by atoms with Gasteiger partial charge in [-0.2, -0.15) is 10.4 Å². The minimum atomic E-state index is -0.478. The van der Waals surface area contributed by atoms with Crippen LogP contribution in [0.5, 0.6) is 0 Å². The first-order valence-electron chi connectivity index (χ1n) is 9.70. The van der Waals surface area contributed by atoms with Gasteiger partial charge >= 0.3 is 5.97 Å². The van der Waals surface area contributed by atoms with Gasteiger partial charge in [0.1, 0.15) is 23.5 Å². The summed E-state index contributed by atoms with van der Waals surface area (Å²) in [4.78, 5) is 14.9. The lowest BCUT2D eigenvalue weighted by Crippen LogP contribution is -2.37. The minimum absolute atomic E-state index is 0.283. The second-order valence-corrected chi connectivity index (χ2v) is 6.90. The number of nitriles is 1. The second-order valence-electron chi connectivity index (χ2n) is 6.90. The quantitative estimate of drug-likeness (QED) is 0.798.